The molecule has 2 aromatic carbocycles. The van der Waals surface area contributed by atoms with Crippen LogP contribution in [0.5, 0.6) is 6.01 Å². The van der Waals surface area contributed by atoms with Crippen molar-refractivity contribution >= 4 is 45.1 Å². The Bertz CT molecular complexity index is 1690. The van der Waals surface area contributed by atoms with Gasteiger partial charge < -0.3 is 19.4 Å². The minimum absolute atomic E-state index is 0.0666. The van der Waals surface area contributed by atoms with Crippen LogP contribution in [0, 0.1) is 5.82 Å². The number of rotatable bonds is 6. The van der Waals surface area contributed by atoms with Gasteiger partial charge in [-0.05, 0) is 56.4 Å². The summed E-state index contributed by atoms with van der Waals surface area (Å²) < 4.78 is 22.1. The number of likely N-dealkylation sites (tertiary alicyclic amines) is 2. The van der Waals surface area contributed by atoms with Crippen molar-refractivity contribution in [3.8, 4) is 17.3 Å². The minimum atomic E-state index is -0.483. The first-order valence-electron chi connectivity index (χ1n) is 14.0. The average molecular weight is 573 g/mol. The summed E-state index contributed by atoms with van der Waals surface area (Å²) in [5, 5.41) is 2.67. The van der Waals surface area contributed by atoms with Gasteiger partial charge in [-0.3, -0.25) is 4.79 Å². The van der Waals surface area contributed by atoms with Gasteiger partial charge in [-0.15, -0.1) is 0 Å². The molecule has 0 aliphatic carbocycles. The monoisotopic (exact) mass is 572 g/mol. The van der Waals surface area contributed by atoms with Crippen LogP contribution in [0.1, 0.15) is 19.3 Å². The lowest BCUT2D eigenvalue weighted by molar-refractivity contribution is -0.127. The van der Waals surface area contributed by atoms with E-state index in [4.69, 9.17) is 26.3 Å². The summed E-state index contributed by atoms with van der Waals surface area (Å²) in [7, 11) is 2.09. The van der Waals surface area contributed by atoms with E-state index in [0.29, 0.717) is 47.1 Å². The van der Waals surface area contributed by atoms with Gasteiger partial charge in [0.25, 0.3) is 0 Å². The Kier molecular flexibility index (Phi) is 6.51. The molecule has 0 saturated carbocycles. The lowest BCUT2D eigenvalue weighted by Crippen LogP contribution is -2.63. The second-order valence-electron chi connectivity index (χ2n) is 11.1. The highest BCUT2D eigenvalue weighted by Crippen LogP contribution is 2.41. The van der Waals surface area contributed by atoms with E-state index in [1.165, 1.54) is 12.1 Å². The molecule has 210 valence electrons. The fourth-order valence-electron chi connectivity index (χ4n) is 6.58. The highest BCUT2D eigenvalue weighted by molar-refractivity contribution is 6.36. The third-order valence-electron chi connectivity index (χ3n) is 8.81. The van der Waals surface area contributed by atoms with Gasteiger partial charge in [0, 0.05) is 35.1 Å². The summed E-state index contributed by atoms with van der Waals surface area (Å²) in [5.41, 5.74) is 1.12. The van der Waals surface area contributed by atoms with Crippen molar-refractivity contribution < 1.29 is 13.9 Å². The first kappa shape index (κ1) is 26.1. The number of anilines is 1. The van der Waals surface area contributed by atoms with Crippen LogP contribution in [0.4, 0.5) is 10.2 Å². The number of hydrogen-bond donors (Lipinski definition) is 0. The lowest BCUT2D eigenvalue weighted by atomic mass is 9.96. The van der Waals surface area contributed by atoms with Crippen LogP contribution in [0.2, 0.25) is 5.02 Å². The Morgan fingerprint density at radius 1 is 1.15 bits per heavy atom. The molecular weight excluding hydrogens is 543 g/mol. The van der Waals surface area contributed by atoms with Crippen LogP contribution >= 0.6 is 11.6 Å². The first-order chi connectivity index (χ1) is 19.9. The average Bonchev–Trinajstić information content (AvgIpc) is 3.53. The molecule has 4 aromatic rings. The number of likely N-dealkylation sites (N-methyl/N-ethyl adjacent to an activating group) is 1. The Morgan fingerprint density at radius 3 is 2.76 bits per heavy atom. The Hall–Kier alpha value is -3.82. The van der Waals surface area contributed by atoms with Crippen molar-refractivity contribution in [1.82, 2.24) is 24.8 Å². The molecule has 5 heterocycles. The standard InChI is InChI=1S/C31H30ClFN6O2/c1-3-26(40)38-14-12-24-25(38)16-39(24)30-21-15-23(33)28(20-10-4-7-18-8-5-11-22(32)27(18)20)34-29(21)35-31(36-30)41-17-19-9-6-13-37(19)2/h3-5,7-8,10-11,15,19,24-25H,1,6,9,12-14,16-17H2,2H3/t19-,24+,25+/m0/s1. The number of carbonyl (C=O) groups excluding carboxylic acids is 1. The SMILES string of the molecule is C=CC(=O)N1CC[C@@H]2[C@H]1CN2c1nc(OC[C@@H]2CCCN2C)nc2nc(-c3cccc4cccc(Cl)c34)c(F)cc12. The summed E-state index contributed by atoms with van der Waals surface area (Å²) >= 11 is 6.57. The fraction of sp³-hybridized carbons (Fsp3) is 0.355. The van der Waals surface area contributed by atoms with Crippen LogP contribution in [-0.4, -0.2) is 82.1 Å². The number of fused-ring (bicyclic) bond motifs is 3. The summed E-state index contributed by atoms with van der Waals surface area (Å²) in [4.78, 5) is 32.8. The minimum Gasteiger partial charge on any atom is -0.462 e. The van der Waals surface area contributed by atoms with Crippen molar-refractivity contribution in [2.45, 2.75) is 37.4 Å². The largest absolute Gasteiger partial charge is 0.462 e. The zero-order valence-corrected chi connectivity index (χ0v) is 23.5. The first-order valence-corrected chi connectivity index (χ1v) is 14.4. The summed E-state index contributed by atoms with van der Waals surface area (Å²) in [6.07, 6.45) is 4.33. The maximum Gasteiger partial charge on any atom is 0.320 e. The van der Waals surface area contributed by atoms with E-state index < -0.39 is 5.82 Å². The molecule has 3 fully saturated rings. The number of amides is 1. The molecule has 10 heteroatoms. The molecule has 3 saturated heterocycles. The molecular formula is C31H30ClFN6O2. The van der Waals surface area contributed by atoms with Crippen molar-refractivity contribution in [2.75, 3.05) is 38.2 Å². The van der Waals surface area contributed by atoms with Gasteiger partial charge in [0.05, 0.1) is 17.5 Å². The van der Waals surface area contributed by atoms with Crippen LogP contribution in [0.3, 0.4) is 0 Å². The lowest BCUT2D eigenvalue weighted by Gasteiger charge is -2.47. The molecule has 3 atom stereocenters. The zero-order chi connectivity index (χ0) is 28.2. The van der Waals surface area contributed by atoms with Crippen molar-refractivity contribution in [3.05, 3.63) is 66.0 Å². The Labute approximate surface area is 242 Å². The molecule has 41 heavy (non-hydrogen) atoms. The molecule has 0 spiro atoms. The molecule has 3 aliphatic rings. The smallest absolute Gasteiger partial charge is 0.320 e. The highest BCUT2D eigenvalue weighted by atomic mass is 35.5. The fourth-order valence-corrected chi connectivity index (χ4v) is 6.86. The number of halogens is 2. The predicted molar refractivity (Wildman–Crippen MR) is 158 cm³/mol. The summed E-state index contributed by atoms with van der Waals surface area (Å²) in [5.74, 6) is 0.0244. The van der Waals surface area contributed by atoms with Crippen LogP contribution in [0.25, 0.3) is 33.1 Å². The van der Waals surface area contributed by atoms with E-state index in [2.05, 4.69) is 28.4 Å². The van der Waals surface area contributed by atoms with E-state index in [1.54, 1.807) is 6.07 Å². The molecule has 0 N–H and O–H groups in total. The van der Waals surface area contributed by atoms with E-state index in [0.717, 1.165) is 36.6 Å². The van der Waals surface area contributed by atoms with Crippen molar-refractivity contribution in [2.24, 2.45) is 0 Å². The topological polar surface area (TPSA) is 74.7 Å². The van der Waals surface area contributed by atoms with Crippen LogP contribution < -0.4 is 9.64 Å². The van der Waals surface area contributed by atoms with E-state index in [-0.39, 0.29) is 35.7 Å². The quantitative estimate of drug-likeness (QED) is 0.298. The summed E-state index contributed by atoms with van der Waals surface area (Å²) in [6.45, 7) is 6.37. The number of benzene rings is 2. The number of ether oxygens (including phenoxy) is 1. The Balaban J connectivity index is 1.32. The number of hydrogen-bond acceptors (Lipinski definition) is 7. The molecule has 2 aromatic heterocycles. The van der Waals surface area contributed by atoms with E-state index in [9.17, 15) is 4.79 Å². The van der Waals surface area contributed by atoms with E-state index >= 15 is 4.39 Å². The third kappa shape index (κ3) is 4.38. The second-order valence-corrected chi connectivity index (χ2v) is 11.5. The van der Waals surface area contributed by atoms with Gasteiger partial charge in [-0.1, -0.05) is 48.5 Å². The van der Waals surface area contributed by atoms with Gasteiger partial charge in [-0.2, -0.15) is 9.97 Å². The molecule has 8 nitrogen and oxygen atoms in total. The molecule has 1 amide bonds. The number of carbonyl (C=O) groups is 1. The number of nitrogens with zero attached hydrogens (tertiary/aromatic N) is 6. The maximum atomic E-state index is 15.9. The molecule has 7 rings (SSSR count). The molecule has 0 bridgehead atoms. The van der Waals surface area contributed by atoms with Crippen molar-refractivity contribution in [1.29, 1.82) is 0 Å². The van der Waals surface area contributed by atoms with Gasteiger partial charge in [0.2, 0.25) is 5.91 Å². The molecule has 0 radical (unpaired) electrons. The van der Waals surface area contributed by atoms with E-state index in [1.807, 2.05) is 35.2 Å². The molecule has 0 unspecified atom stereocenters. The predicted octanol–water partition coefficient (Wildman–Crippen LogP) is 5.09. The number of aromatic nitrogens is 3. The molecule has 3 aliphatic heterocycles. The Morgan fingerprint density at radius 2 is 1.98 bits per heavy atom. The number of pyridine rings is 1. The maximum absolute atomic E-state index is 15.9. The van der Waals surface area contributed by atoms with Gasteiger partial charge >= 0.3 is 6.01 Å². The zero-order valence-electron chi connectivity index (χ0n) is 22.8. The van der Waals surface area contributed by atoms with Crippen LogP contribution in [-0.2, 0) is 4.79 Å². The van der Waals surface area contributed by atoms with Crippen LogP contribution in [0.15, 0.2) is 55.1 Å². The third-order valence-corrected chi connectivity index (χ3v) is 9.12. The van der Waals surface area contributed by atoms with Gasteiger partial charge in [0.15, 0.2) is 5.65 Å². The summed E-state index contributed by atoms with van der Waals surface area (Å²) in [6, 6.07) is 13.4. The normalized spacial score (nSPS) is 22.3. The van der Waals surface area contributed by atoms with Gasteiger partial charge in [-0.25, -0.2) is 9.37 Å². The van der Waals surface area contributed by atoms with Crippen molar-refractivity contribution in [3.63, 3.8) is 0 Å². The highest BCUT2D eigenvalue weighted by Gasteiger charge is 2.49. The second kappa shape index (κ2) is 10.2. The van der Waals surface area contributed by atoms with Gasteiger partial charge in [0.1, 0.15) is 23.9 Å².